The van der Waals surface area contributed by atoms with Gasteiger partial charge in [0.25, 0.3) is 0 Å². The number of nitrogens with one attached hydrogen (secondary N) is 1. The molecule has 0 bridgehead atoms. The van der Waals surface area contributed by atoms with Gasteiger partial charge in [0.1, 0.15) is 0 Å². The summed E-state index contributed by atoms with van der Waals surface area (Å²) in [5, 5.41) is 11.1. The van der Waals surface area contributed by atoms with E-state index in [2.05, 4.69) is 21.2 Å². The molecule has 0 fully saturated rings. The molecular formula is C10H10BrNO3. The molecule has 0 aliphatic rings. The Balaban J connectivity index is 2.83. The van der Waals surface area contributed by atoms with Gasteiger partial charge in [-0.3, -0.25) is 9.59 Å². The van der Waals surface area contributed by atoms with Crippen LogP contribution in [0.5, 0.6) is 0 Å². The monoisotopic (exact) mass is 271 g/mol. The van der Waals surface area contributed by atoms with E-state index < -0.39 is 12.0 Å². The number of hydrogen-bond donors (Lipinski definition) is 2. The first kappa shape index (κ1) is 11.7. The Morgan fingerprint density at radius 1 is 1.47 bits per heavy atom. The number of carboxylic acids is 1. The van der Waals surface area contributed by atoms with E-state index >= 15 is 0 Å². The van der Waals surface area contributed by atoms with Crippen LogP contribution >= 0.6 is 15.9 Å². The average molecular weight is 272 g/mol. The summed E-state index contributed by atoms with van der Waals surface area (Å²) in [7, 11) is 0. The number of carbonyl (C=O) groups excluding carboxylic acids is 1. The largest absolute Gasteiger partial charge is 0.481 e. The van der Waals surface area contributed by atoms with Crippen molar-refractivity contribution in [2.45, 2.75) is 12.5 Å². The molecule has 4 nitrogen and oxygen atoms in total. The highest BCUT2D eigenvalue weighted by atomic mass is 79.9. The number of aliphatic carboxylic acids is 1. The third-order valence-electron chi connectivity index (χ3n) is 1.92. The van der Waals surface area contributed by atoms with Gasteiger partial charge in [-0.25, -0.2) is 0 Å². The van der Waals surface area contributed by atoms with Gasteiger partial charge in [-0.2, -0.15) is 0 Å². The molecule has 1 rings (SSSR count). The molecule has 0 radical (unpaired) electrons. The van der Waals surface area contributed by atoms with Crippen LogP contribution in [0.1, 0.15) is 18.0 Å². The quantitative estimate of drug-likeness (QED) is 0.802. The van der Waals surface area contributed by atoms with Gasteiger partial charge in [0, 0.05) is 4.47 Å². The second kappa shape index (κ2) is 5.50. The summed E-state index contributed by atoms with van der Waals surface area (Å²) in [5.41, 5.74) is 0.771. The fourth-order valence-corrected chi connectivity index (χ4v) is 1.49. The molecule has 15 heavy (non-hydrogen) atoms. The van der Waals surface area contributed by atoms with Gasteiger partial charge in [0.15, 0.2) is 0 Å². The van der Waals surface area contributed by atoms with Gasteiger partial charge in [-0.05, 0) is 17.7 Å². The third kappa shape index (κ3) is 3.71. The molecular weight excluding hydrogens is 262 g/mol. The van der Waals surface area contributed by atoms with Crippen LogP contribution < -0.4 is 5.32 Å². The first-order chi connectivity index (χ1) is 7.13. The number of benzene rings is 1. The summed E-state index contributed by atoms with van der Waals surface area (Å²) in [6.45, 7) is 0. The van der Waals surface area contributed by atoms with E-state index in [4.69, 9.17) is 5.11 Å². The number of hydrogen-bond acceptors (Lipinski definition) is 2. The molecule has 0 aliphatic carbocycles. The summed E-state index contributed by atoms with van der Waals surface area (Å²) in [6, 6.07) is 6.67. The molecule has 1 aromatic rings. The molecule has 0 spiro atoms. The molecule has 1 unspecified atom stereocenters. The van der Waals surface area contributed by atoms with Crippen molar-refractivity contribution in [1.82, 2.24) is 5.32 Å². The minimum absolute atomic E-state index is 0.125. The first-order valence-corrected chi connectivity index (χ1v) is 5.09. The molecule has 1 atom stereocenters. The van der Waals surface area contributed by atoms with E-state index in [-0.39, 0.29) is 6.42 Å². The summed E-state index contributed by atoms with van der Waals surface area (Å²) in [5.74, 6) is -0.947. The molecule has 0 aliphatic heterocycles. The number of halogens is 1. The van der Waals surface area contributed by atoms with Crippen molar-refractivity contribution in [2.24, 2.45) is 0 Å². The zero-order chi connectivity index (χ0) is 11.3. The van der Waals surface area contributed by atoms with E-state index in [1.165, 1.54) is 0 Å². The Kier molecular flexibility index (Phi) is 4.30. The number of carboxylic acid groups (broad SMARTS) is 1. The van der Waals surface area contributed by atoms with Gasteiger partial charge >= 0.3 is 5.97 Å². The molecule has 0 saturated heterocycles. The molecule has 0 aromatic heterocycles. The maximum atomic E-state index is 10.6. The number of amides is 1. The highest BCUT2D eigenvalue weighted by molar-refractivity contribution is 9.10. The molecule has 2 N–H and O–H groups in total. The summed E-state index contributed by atoms with van der Waals surface area (Å²) >= 11 is 3.28. The SMILES string of the molecule is O=CNC(CC(=O)O)c1ccc(Br)cc1. The van der Waals surface area contributed by atoms with Crippen molar-refractivity contribution in [1.29, 1.82) is 0 Å². The normalized spacial score (nSPS) is 11.8. The van der Waals surface area contributed by atoms with Crippen molar-refractivity contribution in [3.63, 3.8) is 0 Å². The molecule has 1 aromatic carbocycles. The Morgan fingerprint density at radius 3 is 2.53 bits per heavy atom. The molecule has 0 heterocycles. The Bertz CT molecular complexity index is 350. The molecule has 80 valence electrons. The van der Waals surface area contributed by atoms with E-state index in [1.54, 1.807) is 24.3 Å². The van der Waals surface area contributed by atoms with Crippen LogP contribution in [0.3, 0.4) is 0 Å². The van der Waals surface area contributed by atoms with E-state index in [0.29, 0.717) is 6.41 Å². The third-order valence-corrected chi connectivity index (χ3v) is 2.45. The van der Waals surface area contributed by atoms with E-state index in [9.17, 15) is 9.59 Å². The Morgan fingerprint density at radius 2 is 2.07 bits per heavy atom. The van der Waals surface area contributed by atoms with Crippen LogP contribution in [0.25, 0.3) is 0 Å². The van der Waals surface area contributed by atoms with E-state index in [0.717, 1.165) is 10.0 Å². The second-order valence-corrected chi connectivity index (χ2v) is 3.90. The highest BCUT2D eigenvalue weighted by Gasteiger charge is 2.13. The molecule has 0 saturated carbocycles. The van der Waals surface area contributed by atoms with Crippen molar-refractivity contribution < 1.29 is 14.7 Å². The first-order valence-electron chi connectivity index (χ1n) is 4.30. The predicted octanol–water partition coefficient (Wildman–Crippen LogP) is 1.71. The smallest absolute Gasteiger partial charge is 0.305 e. The second-order valence-electron chi connectivity index (χ2n) is 2.99. The van der Waals surface area contributed by atoms with Crippen molar-refractivity contribution >= 4 is 28.3 Å². The lowest BCUT2D eigenvalue weighted by Gasteiger charge is -2.13. The Labute approximate surface area is 95.4 Å². The zero-order valence-corrected chi connectivity index (χ0v) is 9.40. The maximum absolute atomic E-state index is 10.6. The minimum Gasteiger partial charge on any atom is -0.481 e. The Hall–Kier alpha value is -1.36. The zero-order valence-electron chi connectivity index (χ0n) is 7.81. The van der Waals surface area contributed by atoms with Crippen LogP contribution in [0.15, 0.2) is 28.7 Å². The lowest BCUT2D eigenvalue weighted by atomic mass is 10.0. The predicted molar refractivity (Wildman–Crippen MR) is 58.3 cm³/mol. The lowest BCUT2D eigenvalue weighted by molar-refractivity contribution is -0.137. The van der Waals surface area contributed by atoms with Crippen LogP contribution in [0, 0.1) is 0 Å². The fraction of sp³-hybridized carbons (Fsp3) is 0.200. The van der Waals surface area contributed by atoms with Crippen molar-refractivity contribution in [3.05, 3.63) is 34.3 Å². The summed E-state index contributed by atoms with van der Waals surface area (Å²) in [6.07, 6.45) is 0.385. The summed E-state index contributed by atoms with van der Waals surface area (Å²) in [4.78, 5) is 20.9. The van der Waals surface area contributed by atoms with Gasteiger partial charge in [0.2, 0.25) is 6.41 Å². The number of carbonyl (C=O) groups is 2. The fourth-order valence-electron chi connectivity index (χ4n) is 1.22. The number of rotatable bonds is 5. The molecule has 1 amide bonds. The van der Waals surface area contributed by atoms with Gasteiger partial charge < -0.3 is 10.4 Å². The van der Waals surface area contributed by atoms with Crippen LogP contribution in [0.2, 0.25) is 0 Å². The minimum atomic E-state index is -0.947. The standard InChI is InChI=1S/C10H10BrNO3/c11-8-3-1-7(2-4-8)9(12-6-13)5-10(14)15/h1-4,6,9H,5H2,(H,12,13)(H,14,15). The van der Waals surface area contributed by atoms with Gasteiger partial charge in [0.05, 0.1) is 12.5 Å². The van der Waals surface area contributed by atoms with Crippen LogP contribution in [-0.4, -0.2) is 17.5 Å². The van der Waals surface area contributed by atoms with E-state index in [1.807, 2.05) is 0 Å². The highest BCUT2D eigenvalue weighted by Crippen LogP contribution is 2.19. The van der Waals surface area contributed by atoms with Crippen molar-refractivity contribution in [3.8, 4) is 0 Å². The van der Waals surface area contributed by atoms with Crippen LogP contribution in [0.4, 0.5) is 0 Å². The summed E-state index contributed by atoms with van der Waals surface area (Å²) < 4.78 is 0.909. The topological polar surface area (TPSA) is 66.4 Å². The molecule has 5 heteroatoms. The van der Waals surface area contributed by atoms with Gasteiger partial charge in [-0.1, -0.05) is 28.1 Å². The van der Waals surface area contributed by atoms with Gasteiger partial charge in [-0.15, -0.1) is 0 Å². The average Bonchev–Trinajstić information content (AvgIpc) is 2.17. The maximum Gasteiger partial charge on any atom is 0.305 e. The lowest BCUT2D eigenvalue weighted by Crippen LogP contribution is -2.22. The van der Waals surface area contributed by atoms with Crippen molar-refractivity contribution in [2.75, 3.05) is 0 Å². The van der Waals surface area contributed by atoms with Crippen LogP contribution in [-0.2, 0) is 9.59 Å².